The largest absolute Gasteiger partial charge is 0.480 e. The van der Waals surface area contributed by atoms with Crippen molar-refractivity contribution >= 4 is 23.9 Å². The fourth-order valence-corrected chi connectivity index (χ4v) is 14.1. The number of fused-ring (bicyclic) bond motifs is 7. The van der Waals surface area contributed by atoms with Crippen LogP contribution in [-0.2, 0) is 47.6 Å². The van der Waals surface area contributed by atoms with Crippen LogP contribution in [0.2, 0.25) is 0 Å². The van der Waals surface area contributed by atoms with Crippen molar-refractivity contribution in [2.24, 2.45) is 50.2 Å². The molecular formula is C46H70O19. The van der Waals surface area contributed by atoms with E-state index in [4.69, 9.17) is 33.5 Å². The zero-order chi connectivity index (χ0) is 48.0. The average molecular weight is 927 g/mol. The van der Waals surface area contributed by atoms with E-state index in [1.165, 1.54) is 5.57 Å². The number of hydrogen-bond donors (Lipinski definition) is 9. The Bertz CT molecular complexity index is 1870. The zero-order valence-electron chi connectivity index (χ0n) is 38.3. The van der Waals surface area contributed by atoms with Gasteiger partial charge in [-0.15, -0.1) is 0 Å². The Morgan fingerprint density at radius 3 is 2.08 bits per heavy atom. The van der Waals surface area contributed by atoms with Crippen LogP contribution >= 0.6 is 0 Å². The highest BCUT2D eigenvalue weighted by molar-refractivity contribution is 5.79. The van der Waals surface area contributed by atoms with Crippen LogP contribution in [-0.4, -0.2) is 157 Å². The van der Waals surface area contributed by atoms with Crippen LogP contribution in [0.1, 0.15) is 113 Å². The second-order valence-electron chi connectivity index (χ2n) is 22.2. The normalized spacial score (nSPS) is 47.1. The Balaban J connectivity index is 1.13. The third-order valence-corrected chi connectivity index (χ3v) is 18.0. The molecule has 0 aromatic carbocycles. The molecule has 0 aromatic rings. The van der Waals surface area contributed by atoms with E-state index in [1.807, 2.05) is 0 Å². The Kier molecular flexibility index (Phi) is 13.6. The molecule has 2 heterocycles. The first-order valence-electron chi connectivity index (χ1n) is 23.0. The lowest BCUT2D eigenvalue weighted by Gasteiger charge is -2.71. The van der Waals surface area contributed by atoms with Gasteiger partial charge in [-0.05, 0) is 109 Å². The molecule has 0 bridgehead atoms. The van der Waals surface area contributed by atoms with E-state index in [0.717, 1.165) is 32.1 Å². The van der Waals surface area contributed by atoms with Gasteiger partial charge in [-0.2, -0.15) is 0 Å². The number of allylic oxidation sites excluding steroid dienone is 2. The van der Waals surface area contributed by atoms with Gasteiger partial charge in [-0.25, -0.2) is 14.4 Å². The molecule has 2 saturated heterocycles. The SMILES string of the molecule is CC1(C)CC[C@]2(C(=O)O[C@@H]3O[C@H](CO)[C@@H](O)[C@H](O)[C@H]3O)CC[C@]3(C)C(=CCC4[C@@]5(C)CC[C@H](O[C@@H]6O[C@H](C(=O)O)[C@@H](O)[C@H](OC(OCC(=O)O)C(=O)O)[C@H]6O)C(C)(C)C5CC[C@]43C)[C@@H]2C1. The van der Waals surface area contributed by atoms with E-state index in [0.29, 0.717) is 32.1 Å². The van der Waals surface area contributed by atoms with E-state index >= 15 is 0 Å². The summed E-state index contributed by atoms with van der Waals surface area (Å²) in [5.74, 6) is -5.31. The fraction of sp³-hybridized carbons (Fsp3) is 0.870. The first-order valence-corrected chi connectivity index (χ1v) is 23.0. The third kappa shape index (κ3) is 8.25. The van der Waals surface area contributed by atoms with Gasteiger partial charge in [0.05, 0.1) is 18.1 Å². The van der Waals surface area contributed by atoms with Crippen LogP contribution in [0.5, 0.6) is 0 Å². The van der Waals surface area contributed by atoms with Crippen molar-refractivity contribution in [3.63, 3.8) is 0 Å². The number of carbonyl (C=O) groups is 4. The van der Waals surface area contributed by atoms with Crippen molar-refractivity contribution in [1.29, 1.82) is 0 Å². The molecular weight excluding hydrogens is 856 g/mol. The highest BCUT2D eigenvalue weighted by Crippen LogP contribution is 2.76. The monoisotopic (exact) mass is 926 g/mol. The van der Waals surface area contributed by atoms with Gasteiger partial charge >= 0.3 is 23.9 Å². The lowest BCUT2D eigenvalue weighted by atomic mass is 9.33. The summed E-state index contributed by atoms with van der Waals surface area (Å²) in [6, 6.07) is 0. The van der Waals surface area contributed by atoms with Gasteiger partial charge in [0.2, 0.25) is 6.29 Å². The summed E-state index contributed by atoms with van der Waals surface area (Å²) in [7, 11) is 0. The summed E-state index contributed by atoms with van der Waals surface area (Å²) in [6.07, 6.45) is -10.9. The van der Waals surface area contributed by atoms with Crippen LogP contribution in [0.3, 0.4) is 0 Å². The molecule has 7 rings (SSSR count). The number of hydrogen-bond acceptors (Lipinski definition) is 16. The second kappa shape index (κ2) is 17.6. The molecule has 19 heteroatoms. The number of rotatable bonds is 12. The summed E-state index contributed by atoms with van der Waals surface area (Å²) >= 11 is 0. The van der Waals surface area contributed by atoms with E-state index in [9.17, 15) is 60.0 Å². The molecule has 0 amide bonds. The number of ether oxygens (including phenoxy) is 6. The number of aliphatic hydroxyl groups is 6. The minimum atomic E-state index is -2.26. The maximum atomic E-state index is 14.6. The molecule has 0 radical (unpaired) electrons. The van der Waals surface area contributed by atoms with Gasteiger partial charge in [0, 0.05) is 0 Å². The summed E-state index contributed by atoms with van der Waals surface area (Å²) in [6.45, 7) is 14.0. The van der Waals surface area contributed by atoms with E-state index in [2.05, 4.69) is 54.5 Å². The Labute approximate surface area is 378 Å². The van der Waals surface area contributed by atoms with Crippen molar-refractivity contribution in [3.05, 3.63) is 11.6 Å². The maximum Gasteiger partial charge on any atom is 0.361 e. The predicted molar refractivity (Wildman–Crippen MR) is 222 cm³/mol. The number of carbonyl (C=O) groups excluding carboxylic acids is 1. The smallest absolute Gasteiger partial charge is 0.361 e. The molecule has 19 atom stereocenters. The van der Waals surface area contributed by atoms with Crippen molar-refractivity contribution in [2.45, 2.75) is 186 Å². The summed E-state index contributed by atoms with van der Waals surface area (Å²) in [5.41, 5.74) is -1.08. The highest BCUT2D eigenvalue weighted by Gasteiger charge is 2.70. The molecule has 3 unspecified atom stereocenters. The minimum absolute atomic E-state index is 0.0737. The van der Waals surface area contributed by atoms with Gasteiger partial charge < -0.3 is 74.4 Å². The van der Waals surface area contributed by atoms with Crippen LogP contribution in [0, 0.1) is 50.2 Å². The maximum absolute atomic E-state index is 14.6. The first kappa shape index (κ1) is 50.1. The molecule has 65 heavy (non-hydrogen) atoms. The number of carboxylic acids is 3. The van der Waals surface area contributed by atoms with E-state index < -0.39 is 122 Å². The Morgan fingerprint density at radius 1 is 0.769 bits per heavy atom. The second-order valence-corrected chi connectivity index (χ2v) is 22.2. The molecule has 368 valence electrons. The summed E-state index contributed by atoms with van der Waals surface area (Å²) in [4.78, 5) is 49.9. The molecule has 19 nitrogen and oxygen atoms in total. The molecule has 4 saturated carbocycles. The topological polar surface area (TPSA) is 306 Å². The van der Waals surface area contributed by atoms with E-state index in [-0.39, 0.29) is 39.4 Å². The summed E-state index contributed by atoms with van der Waals surface area (Å²) < 4.78 is 33.9. The number of aliphatic hydroxyl groups excluding tert-OH is 6. The quantitative estimate of drug-likeness (QED) is 0.0585. The van der Waals surface area contributed by atoms with Crippen LogP contribution in [0.25, 0.3) is 0 Å². The van der Waals surface area contributed by atoms with Crippen molar-refractivity contribution in [1.82, 2.24) is 0 Å². The lowest BCUT2D eigenvalue weighted by molar-refractivity contribution is -0.339. The molecule has 7 aliphatic rings. The zero-order valence-corrected chi connectivity index (χ0v) is 38.3. The highest BCUT2D eigenvalue weighted by atomic mass is 16.7. The molecule has 5 aliphatic carbocycles. The molecule has 9 N–H and O–H groups in total. The van der Waals surface area contributed by atoms with Gasteiger partial charge in [0.15, 0.2) is 12.4 Å². The molecule has 0 aromatic heterocycles. The van der Waals surface area contributed by atoms with Crippen LogP contribution in [0.4, 0.5) is 0 Å². The molecule has 0 spiro atoms. The van der Waals surface area contributed by atoms with Crippen molar-refractivity contribution < 1.29 is 93.6 Å². The third-order valence-electron chi connectivity index (χ3n) is 18.0. The number of aliphatic carboxylic acids is 3. The van der Waals surface area contributed by atoms with Gasteiger partial charge in [0.1, 0.15) is 49.3 Å². The Morgan fingerprint density at radius 2 is 1.45 bits per heavy atom. The minimum Gasteiger partial charge on any atom is -0.480 e. The number of carboxylic acid groups (broad SMARTS) is 3. The summed E-state index contributed by atoms with van der Waals surface area (Å²) in [5, 5.41) is 92.4. The first-order chi connectivity index (χ1) is 30.2. The Hall–Kier alpha value is -2.82. The predicted octanol–water partition coefficient (Wildman–Crippen LogP) is 1.94. The van der Waals surface area contributed by atoms with Gasteiger partial charge in [0.25, 0.3) is 6.29 Å². The van der Waals surface area contributed by atoms with E-state index in [1.54, 1.807) is 0 Å². The van der Waals surface area contributed by atoms with Crippen molar-refractivity contribution in [3.8, 4) is 0 Å². The van der Waals surface area contributed by atoms with Gasteiger partial charge in [-0.3, -0.25) is 4.79 Å². The van der Waals surface area contributed by atoms with Crippen molar-refractivity contribution in [2.75, 3.05) is 13.2 Å². The molecule has 6 fully saturated rings. The lowest BCUT2D eigenvalue weighted by Crippen LogP contribution is -2.66. The standard InChI is InChI=1S/C46H70O19/c1-41(2)14-16-46(40(59)65-37-30(52)29(51)28(50)23(19-47)61-37)17-15-44(6)21(22(46)18-41)8-9-25-43(5)12-11-26(42(3,4)24(43)10-13-45(25,44)7)62-38-32(54)33(31(53)34(64-38)35(55)56)63-39(36(57)58)60-20-27(48)49/h8,22-26,28-34,37-39,47,50-54H,9-20H2,1-7H3,(H,48,49)(H,55,56)(H,57,58)/t22-,23+,24?,25?,26-,28+,29-,30+,31-,32+,33-,34-,37-,38+,39?,43-,44+,45+,46-/m0/s1. The van der Waals surface area contributed by atoms with Gasteiger partial charge in [-0.1, -0.05) is 60.1 Å². The van der Waals surface area contributed by atoms with Crippen LogP contribution < -0.4 is 0 Å². The fourth-order valence-electron chi connectivity index (χ4n) is 14.1. The average Bonchev–Trinajstić information content (AvgIpc) is 3.22. The molecule has 2 aliphatic heterocycles. The number of esters is 1. The van der Waals surface area contributed by atoms with Crippen LogP contribution in [0.15, 0.2) is 11.6 Å².